The zero-order valence-electron chi connectivity index (χ0n) is 13.8. The average Bonchev–Trinajstić information content (AvgIpc) is 2.77. The van der Waals surface area contributed by atoms with E-state index in [2.05, 4.69) is 22.7 Å². The maximum absolute atomic E-state index is 5.93. The van der Waals surface area contributed by atoms with Crippen molar-refractivity contribution in [3.8, 4) is 0 Å². The molecule has 1 aromatic heterocycles. The highest BCUT2D eigenvalue weighted by atomic mass is 35.5. The number of aryl methyl sites for hydroxylation is 1. The molecule has 0 saturated heterocycles. The Kier molecular flexibility index (Phi) is 6.42. The predicted octanol–water partition coefficient (Wildman–Crippen LogP) is 4.29. The Labute approximate surface area is 148 Å². The number of nitrogens with one attached hydrogen (secondary N) is 2. The number of rotatable bonds is 6. The molecular formula is C17H23ClN4S. The number of aromatic nitrogens is 2. The second-order valence-corrected chi connectivity index (χ2v) is 6.41. The molecule has 2 rings (SSSR count). The summed E-state index contributed by atoms with van der Waals surface area (Å²) in [7, 11) is 0. The van der Waals surface area contributed by atoms with Crippen molar-refractivity contribution in [1.29, 1.82) is 0 Å². The van der Waals surface area contributed by atoms with Crippen LogP contribution >= 0.6 is 23.8 Å². The van der Waals surface area contributed by atoms with Crippen LogP contribution in [0.4, 0.5) is 5.69 Å². The van der Waals surface area contributed by atoms with Crippen LogP contribution in [0.1, 0.15) is 36.7 Å². The Morgan fingerprint density at radius 3 is 2.61 bits per heavy atom. The summed E-state index contributed by atoms with van der Waals surface area (Å²) in [6, 6.07) is 7.83. The first-order valence-corrected chi connectivity index (χ1v) is 8.63. The first-order chi connectivity index (χ1) is 11.0. The minimum Gasteiger partial charge on any atom is -0.362 e. The van der Waals surface area contributed by atoms with Crippen molar-refractivity contribution >= 4 is 34.6 Å². The van der Waals surface area contributed by atoms with Gasteiger partial charge in [0.25, 0.3) is 0 Å². The van der Waals surface area contributed by atoms with Gasteiger partial charge in [0.1, 0.15) is 0 Å². The van der Waals surface area contributed by atoms with Gasteiger partial charge >= 0.3 is 0 Å². The fraction of sp³-hybridized carbons (Fsp3) is 0.412. The number of unbranched alkanes of at least 4 members (excludes halogenated alkanes) is 1. The molecule has 0 fully saturated rings. The maximum atomic E-state index is 5.93. The van der Waals surface area contributed by atoms with Crippen LogP contribution in [0.15, 0.2) is 24.3 Å². The summed E-state index contributed by atoms with van der Waals surface area (Å²) >= 11 is 11.3. The summed E-state index contributed by atoms with van der Waals surface area (Å²) < 4.78 is 1.98. The highest BCUT2D eigenvalue weighted by Gasteiger charge is 2.12. The number of anilines is 1. The summed E-state index contributed by atoms with van der Waals surface area (Å²) in [4.78, 5) is 0. The summed E-state index contributed by atoms with van der Waals surface area (Å²) in [6.07, 6.45) is 2.25. The standard InChI is InChI=1S/C17H23ClN4S/c1-4-5-10-19-17(23)20-16-12(2)21-22(13(16)3)11-14-6-8-15(18)9-7-14/h6-9H,4-5,10-11H2,1-3H3,(H2,19,20,23). The molecule has 23 heavy (non-hydrogen) atoms. The Morgan fingerprint density at radius 1 is 1.26 bits per heavy atom. The zero-order valence-corrected chi connectivity index (χ0v) is 15.4. The van der Waals surface area contributed by atoms with Crippen LogP contribution < -0.4 is 10.6 Å². The number of thiocarbonyl (C=S) groups is 1. The Morgan fingerprint density at radius 2 is 1.96 bits per heavy atom. The van der Waals surface area contributed by atoms with Gasteiger partial charge in [0.15, 0.2) is 5.11 Å². The third-order valence-corrected chi connectivity index (χ3v) is 4.18. The van der Waals surface area contributed by atoms with Crippen molar-refractivity contribution in [1.82, 2.24) is 15.1 Å². The molecule has 0 radical (unpaired) electrons. The molecule has 6 heteroatoms. The zero-order chi connectivity index (χ0) is 16.8. The summed E-state index contributed by atoms with van der Waals surface area (Å²) in [5.41, 5.74) is 4.15. The molecule has 124 valence electrons. The monoisotopic (exact) mass is 350 g/mol. The molecule has 0 spiro atoms. The van der Waals surface area contributed by atoms with Crippen LogP contribution in [-0.4, -0.2) is 21.4 Å². The minimum atomic E-state index is 0.649. The molecule has 0 amide bonds. The van der Waals surface area contributed by atoms with Gasteiger partial charge in [0.05, 0.1) is 23.6 Å². The molecule has 2 N–H and O–H groups in total. The average molecular weight is 351 g/mol. The quantitative estimate of drug-likeness (QED) is 0.602. The van der Waals surface area contributed by atoms with Gasteiger partial charge in [-0.1, -0.05) is 37.1 Å². The lowest BCUT2D eigenvalue weighted by atomic mass is 10.2. The molecular weight excluding hydrogens is 328 g/mol. The van der Waals surface area contributed by atoms with Crippen molar-refractivity contribution in [3.05, 3.63) is 46.2 Å². The Bertz CT molecular complexity index is 664. The van der Waals surface area contributed by atoms with Gasteiger partial charge in [-0.25, -0.2) is 0 Å². The first kappa shape index (κ1) is 17.8. The summed E-state index contributed by atoms with van der Waals surface area (Å²) in [5.74, 6) is 0. The molecule has 0 atom stereocenters. The number of hydrogen-bond donors (Lipinski definition) is 2. The second-order valence-electron chi connectivity index (χ2n) is 5.56. The van der Waals surface area contributed by atoms with Crippen molar-refractivity contribution < 1.29 is 0 Å². The minimum absolute atomic E-state index is 0.649. The van der Waals surface area contributed by atoms with Gasteiger partial charge in [-0.05, 0) is 50.2 Å². The molecule has 0 aliphatic rings. The number of halogens is 1. The third-order valence-electron chi connectivity index (χ3n) is 3.68. The molecule has 0 saturated carbocycles. The van der Waals surface area contributed by atoms with Gasteiger partial charge < -0.3 is 10.6 Å². The first-order valence-electron chi connectivity index (χ1n) is 7.84. The predicted molar refractivity (Wildman–Crippen MR) is 101 cm³/mol. The number of hydrogen-bond acceptors (Lipinski definition) is 2. The normalized spacial score (nSPS) is 10.6. The van der Waals surface area contributed by atoms with E-state index in [1.54, 1.807) is 0 Å². The molecule has 4 nitrogen and oxygen atoms in total. The number of nitrogens with zero attached hydrogens (tertiary/aromatic N) is 2. The van der Waals surface area contributed by atoms with E-state index in [0.717, 1.165) is 47.0 Å². The third kappa shape index (κ3) is 4.94. The molecule has 0 aliphatic heterocycles. The Balaban J connectivity index is 2.06. The van der Waals surface area contributed by atoms with Crippen molar-refractivity contribution in [3.63, 3.8) is 0 Å². The van der Waals surface area contributed by atoms with Crippen LogP contribution in [-0.2, 0) is 6.54 Å². The van der Waals surface area contributed by atoms with E-state index >= 15 is 0 Å². The van der Waals surface area contributed by atoms with E-state index in [9.17, 15) is 0 Å². The molecule has 0 bridgehead atoms. The molecule has 2 aromatic rings. The highest BCUT2D eigenvalue weighted by Crippen LogP contribution is 2.20. The fourth-order valence-corrected chi connectivity index (χ4v) is 2.66. The van der Waals surface area contributed by atoms with Crippen LogP contribution in [0.25, 0.3) is 0 Å². The van der Waals surface area contributed by atoms with E-state index in [-0.39, 0.29) is 0 Å². The van der Waals surface area contributed by atoms with Gasteiger partial charge in [0.2, 0.25) is 0 Å². The van der Waals surface area contributed by atoms with Gasteiger partial charge in [-0.15, -0.1) is 0 Å². The van der Waals surface area contributed by atoms with E-state index in [1.807, 2.05) is 42.8 Å². The van der Waals surface area contributed by atoms with Crippen LogP contribution in [0.3, 0.4) is 0 Å². The van der Waals surface area contributed by atoms with Crippen molar-refractivity contribution in [2.45, 2.75) is 40.2 Å². The topological polar surface area (TPSA) is 41.9 Å². The Hall–Kier alpha value is -1.59. The van der Waals surface area contributed by atoms with Crippen molar-refractivity contribution in [2.75, 3.05) is 11.9 Å². The molecule has 1 aromatic carbocycles. The highest BCUT2D eigenvalue weighted by molar-refractivity contribution is 7.80. The molecule has 1 heterocycles. The fourth-order valence-electron chi connectivity index (χ4n) is 2.33. The van der Waals surface area contributed by atoms with Crippen LogP contribution in [0.2, 0.25) is 5.02 Å². The maximum Gasteiger partial charge on any atom is 0.170 e. The van der Waals surface area contributed by atoms with E-state index < -0.39 is 0 Å². The second kappa shape index (κ2) is 8.31. The molecule has 0 aliphatic carbocycles. The largest absolute Gasteiger partial charge is 0.362 e. The summed E-state index contributed by atoms with van der Waals surface area (Å²) in [6.45, 7) is 7.80. The van der Waals surface area contributed by atoms with Gasteiger partial charge in [0, 0.05) is 11.6 Å². The van der Waals surface area contributed by atoms with Gasteiger partial charge in [-0.2, -0.15) is 5.10 Å². The molecule has 0 unspecified atom stereocenters. The lowest BCUT2D eigenvalue weighted by Crippen LogP contribution is -2.29. The lowest BCUT2D eigenvalue weighted by Gasteiger charge is -2.11. The lowest BCUT2D eigenvalue weighted by molar-refractivity contribution is 0.659. The van der Waals surface area contributed by atoms with E-state index in [1.165, 1.54) is 0 Å². The number of benzene rings is 1. The van der Waals surface area contributed by atoms with E-state index in [0.29, 0.717) is 11.7 Å². The van der Waals surface area contributed by atoms with Crippen LogP contribution in [0.5, 0.6) is 0 Å². The van der Waals surface area contributed by atoms with Crippen LogP contribution in [0, 0.1) is 13.8 Å². The smallest absolute Gasteiger partial charge is 0.170 e. The SMILES string of the molecule is CCCCNC(=S)Nc1c(C)nn(Cc2ccc(Cl)cc2)c1C. The van der Waals surface area contributed by atoms with Crippen molar-refractivity contribution in [2.24, 2.45) is 0 Å². The van der Waals surface area contributed by atoms with E-state index in [4.69, 9.17) is 23.8 Å². The summed E-state index contributed by atoms with van der Waals surface area (Å²) in [5, 5.41) is 12.5. The van der Waals surface area contributed by atoms with Gasteiger partial charge in [-0.3, -0.25) is 4.68 Å².